The molecule has 0 unspecified atom stereocenters. The number of amides is 1. The van der Waals surface area contributed by atoms with Crippen molar-refractivity contribution in [3.63, 3.8) is 0 Å². The Morgan fingerprint density at radius 3 is 2.54 bits per heavy atom. The van der Waals surface area contributed by atoms with Crippen molar-refractivity contribution in [2.45, 2.75) is 46.5 Å². The van der Waals surface area contributed by atoms with Crippen LogP contribution in [0.2, 0.25) is 0 Å². The molecule has 2 heteroatoms. The van der Waals surface area contributed by atoms with Gasteiger partial charge in [0.1, 0.15) is 0 Å². The molecule has 76 valence electrons. The number of hydrogen-bond donors (Lipinski definition) is 1. The fourth-order valence-electron chi connectivity index (χ4n) is 1.05. The number of carbonyl (C=O) groups excluding carboxylic acids is 1. The first-order valence-electron chi connectivity index (χ1n) is 5.15. The maximum Gasteiger partial charge on any atom is 0.243 e. The fraction of sp³-hybridized carbons (Fsp3) is 0.727. The molecule has 0 aromatic rings. The van der Waals surface area contributed by atoms with Crippen LogP contribution < -0.4 is 5.32 Å². The molecule has 2 nitrogen and oxygen atoms in total. The Hall–Kier alpha value is -0.790. The highest BCUT2D eigenvalue weighted by atomic mass is 16.1. The highest BCUT2D eigenvalue weighted by Gasteiger charge is 1.95. The second-order valence-corrected chi connectivity index (χ2v) is 3.39. The normalized spacial score (nSPS) is 11.5. The van der Waals surface area contributed by atoms with Crippen LogP contribution in [-0.2, 0) is 4.79 Å². The molecule has 0 aromatic carbocycles. The van der Waals surface area contributed by atoms with Gasteiger partial charge in [0, 0.05) is 12.6 Å². The molecule has 1 N–H and O–H groups in total. The highest BCUT2D eigenvalue weighted by Crippen LogP contribution is 2.05. The predicted octanol–water partition coefficient (Wildman–Crippen LogP) is 2.65. The van der Waals surface area contributed by atoms with Crippen molar-refractivity contribution < 1.29 is 4.79 Å². The van der Waals surface area contributed by atoms with Gasteiger partial charge in [0.15, 0.2) is 0 Å². The smallest absolute Gasteiger partial charge is 0.243 e. The number of allylic oxidation sites excluding steroid dienone is 1. The summed E-state index contributed by atoms with van der Waals surface area (Å²) in [6.07, 6.45) is 6.10. The Labute approximate surface area is 81.4 Å². The molecule has 1 amide bonds. The molecule has 0 aromatic heterocycles. The zero-order valence-corrected chi connectivity index (χ0v) is 9.02. The second-order valence-electron chi connectivity index (χ2n) is 3.39. The van der Waals surface area contributed by atoms with Crippen molar-refractivity contribution in [3.8, 4) is 0 Å². The van der Waals surface area contributed by atoms with E-state index in [4.69, 9.17) is 0 Å². The molecule has 0 spiro atoms. The van der Waals surface area contributed by atoms with Crippen molar-refractivity contribution >= 4 is 5.91 Å². The summed E-state index contributed by atoms with van der Waals surface area (Å²) < 4.78 is 0. The number of unbranched alkanes of at least 4 members (excludes halogenated alkanes) is 1. The van der Waals surface area contributed by atoms with Crippen LogP contribution in [0.4, 0.5) is 0 Å². The lowest BCUT2D eigenvalue weighted by atomic mass is 10.1. The van der Waals surface area contributed by atoms with E-state index in [1.807, 2.05) is 13.8 Å². The van der Waals surface area contributed by atoms with Crippen LogP contribution in [0.15, 0.2) is 11.6 Å². The Bertz CT molecular complexity index is 173. The first-order valence-corrected chi connectivity index (χ1v) is 5.15. The van der Waals surface area contributed by atoms with Gasteiger partial charge >= 0.3 is 0 Å². The van der Waals surface area contributed by atoms with E-state index >= 15 is 0 Å². The van der Waals surface area contributed by atoms with Gasteiger partial charge < -0.3 is 5.32 Å². The van der Waals surface area contributed by atoms with E-state index < -0.39 is 0 Å². The van der Waals surface area contributed by atoms with Gasteiger partial charge in [0.2, 0.25) is 5.91 Å². The summed E-state index contributed by atoms with van der Waals surface area (Å²) in [7, 11) is 0. The Morgan fingerprint density at radius 2 is 2.00 bits per heavy atom. The van der Waals surface area contributed by atoms with E-state index in [0.717, 1.165) is 19.4 Å². The van der Waals surface area contributed by atoms with Gasteiger partial charge in [0.05, 0.1) is 0 Å². The van der Waals surface area contributed by atoms with Crippen molar-refractivity contribution in [1.82, 2.24) is 5.32 Å². The van der Waals surface area contributed by atoms with Gasteiger partial charge in [-0.2, -0.15) is 0 Å². The SMILES string of the molecule is CCCCC(C)=CC(=O)NCCC. The summed E-state index contributed by atoms with van der Waals surface area (Å²) in [5, 5.41) is 2.82. The minimum absolute atomic E-state index is 0.0513. The van der Waals surface area contributed by atoms with Gasteiger partial charge in [-0.25, -0.2) is 0 Å². The number of hydrogen-bond acceptors (Lipinski definition) is 1. The minimum Gasteiger partial charge on any atom is -0.353 e. The van der Waals surface area contributed by atoms with Crippen LogP contribution in [0.3, 0.4) is 0 Å². The summed E-state index contributed by atoms with van der Waals surface area (Å²) in [4.78, 5) is 11.2. The third-order valence-electron chi connectivity index (χ3n) is 1.85. The predicted molar refractivity (Wildman–Crippen MR) is 56.6 cm³/mol. The summed E-state index contributed by atoms with van der Waals surface area (Å²) in [6.45, 7) is 7.00. The van der Waals surface area contributed by atoms with E-state index in [9.17, 15) is 4.79 Å². The van der Waals surface area contributed by atoms with E-state index in [1.165, 1.54) is 18.4 Å². The molecule has 13 heavy (non-hydrogen) atoms. The van der Waals surface area contributed by atoms with Gasteiger partial charge in [0.25, 0.3) is 0 Å². The zero-order chi connectivity index (χ0) is 10.1. The maximum atomic E-state index is 11.2. The number of carbonyl (C=O) groups is 1. The molecule has 0 aliphatic heterocycles. The topological polar surface area (TPSA) is 29.1 Å². The second kappa shape index (κ2) is 7.84. The first kappa shape index (κ1) is 12.2. The van der Waals surface area contributed by atoms with Crippen LogP contribution in [0.5, 0.6) is 0 Å². The molecule has 0 bridgehead atoms. The first-order chi connectivity index (χ1) is 6.20. The molecule has 0 atom stereocenters. The third-order valence-corrected chi connectivity index (χ3v) is 1.85. The molecule has 0 aliphatic carbocycles. The highest BCUT2D eigenvalue weighted by molar-refractivity contribution is 5.88. The monoisotopic (exact) mass is 183 g/mol. The standard InChI is InChI=1S/C11H21NO/c1-4-6-7-10(3)9-11(13)12-8-5-2/h9H,4-8H2,1-3H3,(H,12,13). The van der Waals surface area contributed by atoms with Crippen LogP contribution in [0.1, 0.15) is 46.5 Å². The molecule has 0 saturated heterocycles. The van der Waals surface area contributed by atoms with Gasteiger partial charge in [-0.15, -0.1) is 0 Å². The van der Waals surface area contributed by atoms with Crippen molar-refractivity contribution in [2.75, 3.05) is 6.54 Å². The molecule has 0 aliphatic rings. The Morgan fingerprint density at radius 1 is 1.31 bits per heavy atom. The lowest BCUT2D eigenvalue weighted by Gasteiger charge is -2.01. The Kier molecular flexibility index (Phi) is 7.36. The van der Waals surface area contributed by atoms with Gasteiger partial charge in [-0.1, -0.05) is 25.8 Å². The van der Waals surface area contributed by atoms with E-state index in [0.29, 0.717) is 0 Å². The quantitative estimate of drug-likeness (QED) is 0.630. The zero-order valence-electron chi connectivity index (χ0n) is 9.02. The van der Waals surface area contributed by atoms with Crippen molar-refractivity contribution in [1.29, 1.82) is 0 Å². The average Bonchev–Trinajstić information content (AvgIpc) is 2.11. The number of rotatable bonds is 6. The van der Waals surface area contributed by atoms with Gasteiger partial charge in [-0.3, -0.25) is 4.79 Å². The van der Waals surface area contributed by atoms with Crippen molar-refractivity contribution in [2.24, 2.45) is 0 Å². The lowest BCUT2D eigenvalue weighted by Crippen LogP contribution is -2.21. The summed E-state index contributed by atoms with van der Waals surface area (Å²) >= 11 is 0. The van der Waals surface area contributed by atoms with E-state index in [1.54, 1.807) is 6.08 Å². The summed E-state index contributed by atoms with van der Waals surface area (Å²) in [5.41, 5.74) is 1.18. The fourth-order valence-corrected chi connectivity index (χ4v) is 1.05. The van der Waals surface area contributed by atoms with Crippen LogP contribution in [0, 0.1) is 0 Å². The molecule has 0 rings (SSSR count). The summed E-state index contributed by atoms with van der Waals surface area (Å²) in [5.74, 6) is 0.0513. The molecule has 0 heterocycles. The molecule has 0 fully saturated rings. The van der Waals surface area contributed by atoms with Crippen molar-refractivity contribution in [3.05, 3.63) is 11.6 Å². The largest absolute Gasteiger partial charge is 0.353 e. The summed E-state index contributed by atoms with van der Waals surface area (Å²) in [6, 6.07) is 0. The third kappa shape index (κ3) is 7.57. The molecular weight excluding hydrogens is 162 g/mol. The maximum absolute atomic E-state index is 11.2. The lowest BCUT2D eigenvalue weighted by molar-refractivity contribution is -0.116. The molecular formula is C11H21NO. The average molecular weight is 183 g/mol. The van der Waals surface area contributed by atoms with Gasteiger partial charge in [-0.05, 0) is 26.2 Å². The van der Waals surface area contributed by atoms with Crippen LogP contribution in [0.25, 0.3) is 0 Å². The van der Waals surface area contributed by atoms with Crippen LogP contribution in [-0.4, -0.2) is 12.5 Å². The van der Waals surface area contributed by atoms with E-state index in [-0.39, 0.29) is 5.91 Å². The number of nitrogens with one attached hydrogen (secondary N) is 1. The molecule has 0 saturated carbocycles. The Balaban J connectivity index is 3.70. The van der Waals surface area contributed by atoms with E-state index in [2.05, 4.69) is 12.2 Å². The van der Waals surface area contributed by atoms with Crippen LogP contribution >= 0.6 is 0 Å². The molecule has 0 radical (unpaired) electrons. The minimum atomic E-state index is 0.0513.